The number of furan rings is 1. The molecule has 3 heterocycles. The van der Waals surface area contributed by atoms with Crippen LogP contribution in [0.1, 0.15) is 25.8 Å². The first-order valence-corrected chi connectivity index (χ1v) is 11.1. The van der Waals surface area contributed by atoms with E-state index in [1.54, 1.807) is 12.1 Å². The smallest absolute Gasteiger partial charge is 0.348 e. The zero-order chi connectivity index (χ0) is 22.5. The number of anilines is 2. The molecule has 162 valence electrons. The number of rotatable bonds is 7. The van der Waals surface area contributed by atoms with Crippen molar-refractivity contribution in [2.45, 2.75) is 6.92 Å². The number of hydrogen-bond acceptors (Lipinski definition) is 8. The van der Waals surface area contributed by atoms with Crippen molar-refractivity contribution < 1.29 is 23.5 Å². The molecule has 32 heavy (non-hydrogen) atoms. The zero-order valence-electron chi connectivity index (χ0n) is 16.8. The van der Waals surface area contributed by atoms with E-state index in [2.05, 4.69) is 15.6 Å². The average Bonchev–Trinajstić information content (AvgIpc) is 3.54. The number of carbonyl (C=O) groups excluding carboxylic acids is 3. The molecule has 2 N–H and O–H groups in total. The quantitative estimate of drug-likeness (QED) is 0.377. The second kappa shape index (κ2) is 9.58. The van der Waals surface area contributed by atoms with Crippen LogP contribution in [0.5, 0.6) is 0 Å². The minimum Gasteiger partial charge on any atom is -0.459 e. The summed E-state index contributed by atoms with van der Waals surface area (Å²) in [5.41, 5.74) is 2.86. The molecule has 10 heteroatoms. The number of thiazole rings is 1. The van der Waals surface area contributed by atoms with E-state index >= 15 is 0 Å². The Labute approximate surface area is 190 Å². The summed E-state index contributed by atoms with van der Waals surface area (Å²) >= 11 is 2.32. The van der Waals surface area contributed by atoms with E-state index in [0.717, 1.165) is 28.2 Å². The molecular formula is C22H17N3O5S2. The molecule has 0 spiro atoms. The van der Waals surface area contributed by atoms with Gasteiger partial charge in [0.2, 0.25) is 0 Å². The van der Waals surface area contributed by atoms with Crippen LogP contribution in [0.15, 0.2) is 64.6 Å². The highest BCUT2D eigenvalue weighted by Crippen LogP contribution is 2.25. The predicted molar refractivity (Wildman–Crippen MR) is 122 cm³/mol. The van der Waals surface area contributed by atoms with Crippen molar-refractivity contribution in [3.63, 3.8) is 0 Å². The molecule has 0 aliphatic heterocycles. The molecule has 4 rings (SSSR count). The minimum atomic E-state index is -0.664. The molecule has 0 fully saturated rings. The Hall–Kier alpha value is -3.76. The maximum atomic E-state index is 12.2. The summed E-state index contributed by atoms with van der Waals surface area (Å²) in [7, 11) is 0. The highest BCUT2D eigenvalue weighted by Gasteiger charge is 2.16. The number of hydrogen-bond donors (Lipinski definition) is 2. The first kappa shape index (κ1) is 21.5. The van der Waals surface area contributed by atoms with E-state index < -0.39 is 24.4 Å². The van der Waals surface area contributed by atoms with E-state index in [4.69, 9.17) is 9.15 Å². The van der Waals surface area contributed by atoms with Gasteiger partial charge in [-0.15, -0.1) is 22.7 Å². The third kappa shape index (κ3) is 5.29. The maximum absolute atomic E-state index is 12.2. The molecule has 0 atom stereocenters. The molecule has 0 radical (unpaired) electrons. The lowest BCUT2D eigenvalue weighted by Gasteiger charge is -2.03. The van der Waals surface area contributed by atoms with Gasteiger partial charge in [0.05, 0.1) is 17.0 Å². The fourth-order valence-corrected chi connectivity index (χ4v) is 4.17. The van der Waals surface area contributed by atoms with Crippen LogP contribution < -0.4 is 10.6 Å². The van der Waals surface area contributed by atoms with E-state index in [9.17, 15) is 14.4 Å². The Bertz CT molecular complexity index is 1240. The van der Waals surface area contributed by atoms with Gasteiger partial charge >= 0.3 is 5.97 Å². The monoisotopic (exact) mass is 467 g/mol. The van der Waals surface area contributed by atoms with Gasteiger partial charge in [-0.2, -0.15) is 0 Å². The minimum absolute atomic E-state index is 0.159. The van der Waals surface area contributed by atoms with E-state index in [1.807, 2.05) is 36.6 Å². The van der Waals surface area contributed by atoms with Gasteiger partial charge in [-0.1, -0.05) is 29.8 Å². The molecule has 2 amide bonds. The lowest BCUT2D eigenvalue weighted by Crippen LogP contribution is -2.20. The van der Waals surface area contributed by atoms with Gasteiger partial charge in [0, 0.05) is 10.9 Å². The SMILES string of the molecule is Cc1ccc(-c2csc(NC(=O)COC(=O)c3ccc(NC(=O)c4ccco4)s3)n2)cc1. The molecule has 0 saturated heterocycles. The first-order valence-electron chi connectivity index (χ1n) is 9.42. The fraction of sp³-hybridized carbons (Fsp3) is 0.0909. The largest absolute Gasteiger partial charge is 0.459 e. The summed E-state index contributed by atoms with van der Waals surface area (Å²) in [5.74, 6) is -1.43. The normalized spacial score (nSPS) is 10.5. The highest BCUT2D eigenvalue weighted by atomic mass is 32.1. The number of aromatic nitrogens is 1. The molecule has 0 aliphatic rings. The van der Waals surface area contributed by atoms with Crippen molar-refractivity contribution in [3.05, 3.63) is 76.4 Å². The van der Waals surface area contributed by atoms with Gasteiger partial charge in [-0.3, -0.25) is 14.9 Å². The van der Waals surface area contributed by atoms with Gasteiger partial charge in [0.15, 0.2) is 17.5 Å². The summed E-state index contributed by atoms with van der Waals surface area (Å²) in [6, 6.07) is 14.1. The highest BCUT2D eigenvalue weighted by molar-refractivity contribution is 7.18. The Balaban J connectivity index is 1.27. The van der Waals surface area contributed by atoms with E-state index in [1.165, 1.54) is 29.7 Å². The van der Waals surface area contributed by atoms with Gasteiger partial charge in [-0.25, -0.2) is 9.78 Å². The first-order chi connectivity index (χ1) is 15.5. The summed E-state index contributed by atoms with van der Waals surface area (Å²) in [4.78, 5) is 41.0. The van der Waals surface area contributed by atoms with Crippen molar-refractivity contribution >= 4 is 50.6 Å². The van der Waals surface area contributed by atoms with Crippen LogP contribution in [0.2, 0.25) is 0 Å². The fourth-order valence-electron chi connectivity index (χ4n) is 2.64. The third-order valence-electron chi connectivity index (χ3n) is 4.22. The molecule has 0 aliphatic carbocycles. The Morgan fingerprint density at radius 3 is 2.62 bits per heavy atom. The standard InChI is InChI=1S/C22H17N3O5S2/c1-13-4-6-14(7-5-13)15-12-31-22(23-15)24-18(26)11-30-21(28)17-8-9-19(32-17)25-20(27)16-3-2-10-29-16/h2-10,12H,11H2,1H3,(H,25,27)(H,23,24,26). The number of nitrogens with zero attached hydrogens (tertiary/aromatic N) is 1. The molecule has 4 aromatic rings. The van der Waals surface area contributed by atoms with Crippen LogP contribution in [0.3, 0.4) is 0 Å². The van der Waals surface area contributed by atoms with Crippen LogP contribution in [-0.4, -0.2) is 29.4 Å². The molecule has 3 aromatic heterocycles. The van der Waals surface area contributed by atoms with Crippen molar-refractivity contribution in [1.29, 1.82) is 0 Å². The zero-order valence-corrected chi connectivity index (χ0v) is 18.4. The van der Waals surface area contributed by atoms with Crippen LogP contribution in [0.25, 0.3) is 11.3 Å². The van der Waals surface area contributed by atoms with Crippen LogP contribution in [0, 0.1) is 6.92 Å². The van der Waals surface area contributed by atoms with E-state index in [0.29, 0.717) is 10.1 Å². The average molecular weight is 468 g/mol. The number of thiophene rings is 1. The van der Waals surface area contributed by atoms with E-state index in [-0.39, 0.29) is 10.6 Å². The number of ether oxygens (including phenoxy) is 1. The summed E-state index contributed by atoms with van der Waals surface area (Å²) in [6.07, 6.45) is 1.40. The molecular weight excluding hydrogens is 450 g/mol. The Kier molecular flexibility index (Phi) is 6.43. The van der Waals surface area contributed by atoms with Gasteiger partial charge < -0.3 is 14.5 Å². The second-order valence-corrected chi connectivity index (χ2v) is 8.57. The lowest BCUT2D eigenvalue weighted by atomic mass is 10.1. The number of amides is 2. The summed E-state index contributed by atoms with van der Waals surface area (Å²) in [5, 5.41) is 7.97. The Morgan fingerprint density at radius 2 is 1.88 bits per heavy atom. The Morgan fingerprint density at radius 1 is 1.06 bits per heavy atom. The second-order valence-electron chi connectivity index (χ2n) is 6.62. The van der Waals surface area contributed by atoms with Crippen molar-refractivity contribution in [2.75, 3.05) is 17.2 Å². The van der Waals surface area contributed by atoms with Crippen LogP contribution in [-0.2, 0) is 9.53 Å². The number of nitrogens with one attached hydrogen (secondary N) is 2. The van der Waals surface area contributed by atoms with Gasteiger partial charge in [0.1, 0.15) is 4.88 Å². The molecule has 0 bridgehead atoms. The van der Waals surface area contributed by atoms with Crippen LogP contribution in [0.4, 0.5) is 10.1 Å². The summed E-state index contributed by atoms with van der Waals surface area (Å²) in [6.45, 7) is 1.55. The topological polar surface area (TPSA) is 111 Å². The molecule has 0 saturated carbocycles. The van der Waals surface area contributed by atoms with Crippen LogP contribution >= 0.6 is 22.7 Å². The molecule has 0 unspecified atom stereocenters. The molecule has 8 nitrogen and oxygen atoms in total. The number of benzene rings is 1. The lowest BCUT2D eigenvalue weighted by molar-refractivity contribution is -0.119. The van der Waals surface area contributed by atoms with Crippen molar-refractivity contribution in [1.82, 2.24) is 4.98 Å². The summed E-state index contributed by atoms with van der Waals surface area (Å²) < 4.78 is 10.1. The number of aryl methyl sites for hydroxylation is 1. The van der Waals surface area contributed by atoms with Crippen molar-refractivity contribution in [3.8, 4) is 11.3 Å². The molecule has 1 aromatic carbocycles. The number of esters is 1. The van der Waals surface area contributed by atoms with Gasteiger partial charge in [-0.05, 0) is 31.2 Å². The van der Waals surface area contributed by atoms with Gasteiger partial charge in [0.25, 0.3) is 11.8 Å². The number of carbonyl (C=O) groups is 3. The van der Waals surface area contributed by atoms with Crippen molar-refractivity contribution in [2.24, 2.45) is 0 Å². The third-order valence-corrected chi connectivity index (χ3v) is 5.96. The maximum Gasteiger partial charge on any atom is 0.348 e. The predicted octanol–water partition coefficient (Wildman–Crippen LogP) is 4.82.